The fourth-order valence-electron chi connectivity index (χ4n) is 2.14. The van der Waals surface area contributed by atoms with Crippen LogP contribution in [0.25, 0.3) is 4.96 Å². The molecule has 0 radical (unpaired) electrons. The van der Waals surface area contributed by atoms with Gasteiger partial charge in [-0.05, 0) is 44.0 Å². The molecule has 0 bridgehead atoms. The number of nitrogens with zero attached hydrogens (tertiary/aromatic N) is 2. The first-order chi connectivity index (χ1) is 10.0. The standard InChI is InChI=1S/C16H16N2O2S/c1-10-4-5-14(6-11(10)2)20-8-13-7-15(19)18-12(3)9-21-16(18)17-13/h4-7,9H,8H2,1-3H3. The molecule has 21 heavy (non-hydrogen) atoms. The van der Waals surface area contributed by atoms with Crippen LogP contribution in [0.15, 0.2) is 34.4 Å². The molecule has 2 heterocycles. The molecule has 0 saturated carbocycles. The van der Waals surface area contributed by atoms with Crippen LogP contribution in [0, 0.1) is 20.8 Å². The highest BCUT2D eigenvalue weighted by Crippen LogP contribution is 2.18. The Morgan fingerprint density at radius 1 is 1.19 bits per heavy atom. The molecule has 0 aliphatic carbocycles. The number of hydrogen-bond donors (Lipinski definition) is 0. The first-order valence-electron chi connectivity index (χ1n) is 6.71. The molecule has 0 aliphatic rings. The van der Waals surface area contributed by atoms with Gasteiger partial charge in [0.05, 0.1) is 5.69 Å². The molecule has 0 unspecified atom stereocenters. The molecular weight excluding hydrogens is 284 g/mol. The third kappa shape index (κ3) is 2.69. The van der Waals surface area contributed by atoms with E-state index in [0.29, 0.717) is 17.3 Å². The van der Waals surface area contributed by atoms with Crippen molar-refractivity contribution in [2.24, 2.45) is 0 Å². The molecule has 1 aromatic carbocycles. The van der Waals surface area contributed by atoms with Crippen LogP contribution >= 0.6 is 11.3 Å². The summed E-state index contributed by atoms with van der Waals surface area (Å²) in [6.07, 6.45) is 0. The number of benzene rings is 1. The summed E-state index contributed by atoms with van der Waals surface area (Å²) in [4.78, 5) is 17.2. The Kier molecular flexibility index (Phi) is 3.51. The molecular formula is C16H16N2O2S. The van der Waals surface area contributed by atoms with Crippen LogP contribution in [0.4, 0.5) is 0 Å². The maximum Gasteiger partial charge on any atom is 0.259 e. The molecule has 2 aromatic heterocycles. The molecule has 4 nitrogen and oxygen atoms in total. The van der Waals surface area contributed by atoms with Crippen molar-refractivity contribution in [3.63, 3.8) is 0 Å². The normalized spacial score (nSPS) is 11.0. The van der Waals surface area contributed by atoms with Crippen molar-refractivity contribution in [3.8, 4) is 5.75 Å². The van der Waals surface area contributed by atoms with Gasteiger partial charge in [-0.1, -0.05) is 6.07 Å². The smallest absolute Gasteiger partial charge is 0.259 e. The van der Waals surface area contributed by atoms with Crippen LogP contribution < -0.4 is 10.3 Å². The Labute approximate surface area is 126 Å². The second-order valence-corrected chi connectivity index (χ2v) is 5.95. The van der Waals surface area contributed by atoms with Crippen molar-refractivity contribution >= 4 is 16.3 Å². The van der Waals surface area contributed by atoms with E-state index in [-0.39, 0.29) is 5.56 Å². The van der Waals surface area contributed by atoms with E-state index in [2.05, 4.69) is 11.9 Å². The minimum atomic E-state index is -0.0579. The quantitative estimate of drug-likeness (QED) is 0.745. The molecule has 3 aromatic rings. The van der Waals surface area contributed by atoms with Crippen LogP contribution in [0.3, 0.4) is 0 Å². The van der Waals surface area contributed by atoms with Crippen LogP contribution in [0.2, 0.25) is 0 Å². The Balaban J connectivity index is 1.85. The Bertz CT molecular complexity index is 864. The largest absolute Gasteiger partial charge is 0.487 e. The Morgan fingerprint density at radius 2 is 2.00 bits per heavy atom. The van der Waals surface area contributed by atoms with Crippen molar-refractivity contribution in [1.82, 2.24) is 9.38 Å². The molecule has 0 atom stereocenters. The second kappa shape index (κ2) is 5.33. The van der Waals surface area contributed by atoms with Crippen molar-refractivity contribution in [3.05, 3.63) is 62.5 Å². The van der Waals surface area contributed by atoms with Gasteiger partial charge in [-0.2, -0.15) is 0 Å². The lowest BCUT2D eigenvalue weighted by Crippen LogP contribution is -2.15. The zero-order valence-electron chi connectivity index (χ0n) is 12.2. The Hall–Kier alpha value is -2.14. The van der Waals surface area contributed by atoms with Crippen LogP contribution in [-0.4, -0.2) is 9.38 Å². The zero-order valence-corrected chi connectivity index (χ0v) is 13.0. The van der Waals surface area contributed by atoms with Gasteiger partial charge in [0.2, 0.25) is 0 Å². The average Bonchev–Trinajstić information content (AvgIpc) is 2.82. The van der Waals surface area contributed by atoms with E-state index in [1.54, 1.807) is 4.40 Å². The van der Waals surface area contributed by atoms with Crippen molar-refractivity contribution in [2.75, 3.05) is 0 Å². The predicted molar refractivity (Wildman–Crippen MR) is 84.3 cm³/mol. The van der Waals surface area contributed by atoms with E-state index >= 15 is 0 Å². The molecule has 0 saturated heterocycles. The number of aromatic nitrogens is 2. The third-order valence-electron chi connectivity index (χ3n) is 3.49. The number of ether oxygens (including phenoxy) is 1. The summed E-state index contributed by atoms with van der Waals surface area (Å²) in [7, 11) is 0. The van der Waals surface area contributed by atoms with Crippen molar-refractivity contribution in [2.45, 2.75) is 27.4 Å². The molecule has 108 valence electrons. The van der Waals surface area contributed by atoms with Crippen molar-refractivity contribution in [1.29, 1.82) is 0 Å². The third-order valence-corrected chi connectivity index (χ3v) is 4.44. The van der Waals surface area contributed by atoms with Gasteiger partial charge in [0.1, 0.15) is 12.4 Å². The highest BCUT2D eigenvalue weighted by atomic mass is 32.1. The van der Waals surface area contributed by atoms with E-state index in [1.807, 2.05) is 37.4 Å². The lowest BCUT2D eigenvalue weighted by atomic mass is 10.1. The first kappa shape index (κ1) is 13.8. The molecule has 0 aliphatic heterocycles. The number of fused-ring (bicyclic) bond motifs is 1. The summed E-state index contributed by atoms with van der Waals surface area (Å²) in [5.41, 5.74) is 3.92. The summed E-state index contributed by atoms with van der Waals surface area (Å²) >= 11 is 1.46. The molecule has 3 rings (SSSR count). The van der Waals surface area contributed by atoms with E-state index in [9.17, 15) is 4.79 Å². The summed E-state index contributed by atoms with van der Waals surface area (Å²) in [5.74, 6) is 0.794. The predicted octanol–water partition coefficient (Wildman–Crippen LogP) is 3.26. The molecule has 5 heteroatoms. The maximum absolute atomic E-state index is 12.1. The SMILES string of the molecule is Cc1ccc(OCc2cc(=O)n3c(C)csc3n2)cc1C. The highest BCUT2D eigenvalue weighted by Gasteiger charge is 2.07. The van der Waals surface area contributed by atoms with Crippen LogP contribution in [0.1, 0.15) is 22.5 Å². The van der Waals surface area contributed by atoms with E-state index in [1.165, 1.54) is 28.5 Å². The van der Waals surface area contributed by atoms with Crippen molar-refractivity contribution < 1.29 is 4.74 Å². The van der Waals surface area contributed by atoms with E-state index in [0.717, 1.165) is 11.4 Å². The maximum atomic E-state index is 12.1. The van der Waals surface area contributed by atoms with Gasteiger partial charge in [-0.25, -0.2) is 4.98 Å². The molecule has 0 fully saturated rings. The van der Waals surface area contributed by atoms with Gasteiger partial charge in [0.15, 0.2) is 4.96 Å². The molecule has 0 N–H and O–H groups in total. The van der Waals surface area contributed by atoms with Gasteiger partial charge in [-0.15, -0.1) is 11.3 Å². The monoisotopic (exact) mass is 300 g/mol. The second-order valence-electron chi connectivity index (χ2n) is 5.12. The fraction of sp³-hybridized carbons (Fsp3) is 0.250. The lowest BCUT2D eigenvalue weighted by molar-refractivity contribution is 0.301. The fourth-order valence-corrected chi connectivity index (χ4v) is 3.03. The van der Waals surface area contributed by atoms with Gasteiger partial charge in [0, 0.05) is 17.1 Å². The number of thiazole rings is 1. The van der Waals surface area contributed by atoms with Gasteiger partial charge in [0.25, 0.3) is 5.56 Å². The number of rotatable bonds is 3. The first-order valence-corrected chi connectivity index (χ1v) is 7.59. The number of hydrogen-bond acceptors (Lipinski definition) is 4. The molecule has 0 amide bonds. The van der Waals surface area contributed by atoms with Gasteiger partial charge < -0.3 is 4.74 Å². The minimum absolute atomic E-state index is 0.0579. The summed E-state index contributed by atoms with van der Waals surface area (Å²) < 4.78 is 7.35. The highest BCUT2D eigenvalue weighted by molar-refractivity contribution is 7.15. The van der Waals surface area contributed by atoms with Crippen LogP contribution in [0.5, 0.6) is 5.75 Å². The molecule has 0 spiro atoms. The average molecular weight is 300 g/mol. The van der Waals surface area contributed by atoms with E-state index < -0.39 is 0 Å². The summed E-state index contributed by atoms with van der Waals surface area (Å²) in [5, 5.41) is 1.93. The topological polar surface area (TPSA) is 43.6 Å². The number of aryl methyl sites for hydroxylation is 3. The minimum Gasteiger partial charge on any atom is -0.487 e. The summed E-state index contributed by atoms with van der Waals surface area (Å²) in [6.45, 7) is 6.31. The summed E-state index contributed by atoms with van der Waals surface area (Å²) in [6, 6.07) is 7.49. The van der Waals surface area contributed by atoms with Gasteiger partial charge >= 0.3 is 0 Å². The van der Waals surface area contributed by atoms with Gasteiger partial charge in [-0.3, -0.25) is 9.20 Å². The van der Waals surface area contributed by atoms with E-state index in [4.69, 9.17) is 4.74 Å². The lowest BCUT2D eigenvalue weighted by Gasteiger charge is -2.08. The Morgan fingerprint density at radius 3 is 2.76 bits per heavy atom. The van der Waals surface area contributed by atoms with Crippen LogP contribution in [-0.2, 0) is 6.61 Å². The zero-order chi connectivity index (χ0) is 15.0.